The molecule has 0 saturated carbocycles. The summed E-state index contributed by atoms with van der Waals surface area (Å²) in [7, 11) is 0. The maximum atomic E-state index is 13.3. The number of anilines is 1. The van der Waals surface area contributed by atoms with Crippen LogP contribution < -0.4 is 15.0 Å². The van der Waals surface area contributed by atoms with E-state index in [1.165, 1.54) is 12.1 Å². The minimum atomic E-state index is -0.513. The molecule has 2 heterocycles. The zero-order valence-electron chi connectivity index (χ0n) is 16.0. The number of amides is 2. The molecule has 6 heteroatoms. The summed E-state index contributed by atoms with van der Waals surface area (Å²) in [5, 5.41) is 3.04. The number of nitrogens with zero attached hydrogens (tertiary/aromatic N) is 1. The van der Waals surface area contributed by atoms with Crippen molar-refractivity contribution in [2.75, 3.05) is 11.4 Å². The number of hydrogen-bond acceptors (Lipinski definition) is 3. The van der Waals surface area contributed by atoms with Crippen LogP contribution >= 0.6 is 0 Å². The molecule has 3 aromatic carbocycles. The second-order valence-corrected chi connectivity index (χ2v) is 7.50. The molecule has 0 aromatic heterocycles. The molecule has 0 radical (unpaired) electrons. The molecule has 2 amide bonds. The maximum absolute atomic E-state index is 13.3. The smallest absolute Gasteiger partial charge is 0.232 e. The van der Waals surface area contributed by atoms with Crippen molar-refractivity contribution in [1.82, 2.24) is 5.32 Å². The van der Waals surface area contributed by atoms with Gasteiger partial charge in [0.25, 0.3) is 0 Å². The van der Waals surface area contributed by atoms with Gasteiger partial charge in [0.1, 0.15) is 17.3 Å². The van der Waals surface area contributed by atoms with E-state index in [0.29, 0.717) is 23.7 Å². The van der Waals surface area contributed by atoms with Crippen LogP contribution in [-0.2, 0) is 9.59 Å². The Morgan fingerprint density at radius 1 is 0.933 bits per heavy atom. The zero-order chi connectivity index (χ0) is 20.7. The lowest BCUT2D eigenvalue weighted by molar-refractivity contribution is -0.122. The number of benzene rings is 3. The van der Waals surface area contributed by atoms with E-state index in [-0.39, 0.29) is 30.1 Å². The molecule has 1 fully saturated rings. The van der Waals surface area contributed by atoms with Crippen molar-refractivity contribution in [2.45, 2.75) is 18.4 Å². The third kappa shape index (κ3) is 3.20. The van der Waals surface area contributed by atoms with Gasteiger partial charge in [-0.1, -0.05) is 36.4 Å². The molecule has 3 aromatic rings. The van der Waals surface area contributed by atoms with Crippen molar-refractivity contribution >= 4 is 17.5 Å². The van der Waals surface area contributed by atoms with Gasteiger partial charge in [0.15, 0.2) is 0 Å². The average molecular weight is 402 g/mol. The Labute approximate surface area is 173 Å². The standard InChI is InChI=1S/C24H19FN2O3/c25-15-9-11-17(12-10-15)27-14-16(13-22(27)28)26-24(29)23-18-5-1-3-7-20(18)30-21-8-4-2-6-19(21)23/h1-12,16,23H,13-14H2,(H,26,29)/t16-/m0/s1. The monoisotopic (exact) mass is 402 g/mol. The van der Waals surface area contributed by atoms with Crippen LogP contribution in [0.15, 0.2) is 72.8 Å². The van der Waals surface area contributed by atoms with E-state index in [1.807, 2.05) is 48.5 Å². The number of carbonyl (C=O) groups is 2. The summed E-state index contributed by atoms with van der Waals surface area (Å²) < 4.78 is 19.2. The molecule has 1 atom stereocenters. The Bertz CT molecular complexity index is 1080. The van der Waals surface area contributed by atoms with Gasteiger partial charge in [-0.3, -0.25) is 9.59 Å². The molecule has 0 bridgehead atoms. The van der Waals surface area contributed by atoms with Crippen LogP contribution in [0.4, 0.5) is 10.1 Å². The van der Waals surface area contributed by atoms with Gasteiger partial charge in [0.05, 0.1) is 12.0 Å². The van der Waals surface area contributed by atoms with Gasteiger partial charge < -0.3 is 15.0 Å². The van der Waals surface area contributed by atoms with Crippen molar-refractivity contribution in [3.63, 3.8) is 0 Å². The molecule has 1 N–H and O–H groups in total. The van der Waals surface area contributed by atoms with Crippen LogP contribution in [0.25, 0.3) is 0 Å². The number of rotatable bonds is 3. The fraction of sp³-hybridized carbons (Fsp3) is 0.167. The summed E-state index contributed by atoms with van der Waals surface area (Å²) in [6.07, 6.45) is 0.204. The molecule has 0 spiro atoms. The van der Waals surface area contributed by atoms with Crippen molar-refractivity contribution in [1.29, 1.82) is 0 Å². The topological polar surface area (TPSA) is 58.6 Å². The fourth-order valence-electron chi connectivity index (χ4n) is 4.15. The van der Waals surface area contributed by atoms with Gasteiger partial charge in [-0.25, -0.2) is 4.39 Å². The number of nitrogens with one attached hydrogen (secondary N) is 1. The molecule has 2 aliphatic heterocycles. The van der Waals surface area contributed by atoms with Gasteiger partial charge in [-0.05, 0) is 36.4 Å². The number of carbonyl (C=O) groups excluding carboxylic acids is 2. The predicted octanol–water partition coefficient (Wildman–Crippen LogP) is 3.99. The molecule has 5 nitrogen and oxygen atoms in total. The van der Waals surface area contributed by atoms with E-state index in [9.17, 15) is 14.0 Å². The Balaban J connectivity index is 1.39. The predicted molar refractivity (Wildman–Crippen MR) is 110 cm³/mol. The molecule has 2 aliphatic rings. The highest BCUT2D eigenvalue weighted by atomic mass is 19.1. The van der Waals surface area contributed by atoms with E-state index in [0.717, 1.165) is 11.1 Å². The van der Waals surface area contributed by atoms with Crippen LogP contribution in [0.2, 0.25) is 0 Å². The normalized spacial score (nSPS) is 17.8. The molecule has 0 aliphatic carbocycles. The average Bonchev–Trinajstić information content (AvgIpc) is 3.12. The molecule has 30 heavy (non-hydrogen) atoms. The summed E-state index contributed by atoms with van der Waals surface area (Å²) in [6.45, 7) is 0.350. The summed E-state index contributed by atoms with van der Waals surface area (Å²) in [6, 6.07) is 20.5. The molecule has 5 rings (SSSR count). The van der Waals surface area contributed by atoms with E-state index >= 15 is 0 Å². The largest absolute Gasteiger partial charge is 0.457 e. The second-order valence-electron chi connectivity index (χ2n) is 7.50. The second kappa shape index (κ2) is 7.30. The quantitative estimate of drug-likeness (QED) is 0.721. The molecule has 1 saturated heterocycles. The number of halogens is 1. The van der Waals surface area contributed by atoms with Gasteiger partial charge >= 0.3 is 0 Å². The van der Waals surface area contributed by atoms with Crippen LogP contribution in [0.3, 0.4) is 0 Å². The summed E-state index contributed by atoms with van der Waals surface area (Å²) in [4.78, 5) is 27.4. The van der Waals surface area contributed by atoms with Gasteiger partial charge in [-0.15, -0.1) is 0 Å². The highest BCUT2D eigenvalue weighted by Crippen LogP contribution is 2.44. The first-order chi connectivity index (χ1) is 14.6. The first-order valence-electron chi connectivity index (χ1n) is 9.82. The summed E-state index contributed by atoms with van der Waals surface area (Å²) in [5.41, 5.74) is 2.22. The van der Waals surface area contributed by atoms with Gasteiger partial charge in [-0.2, -0.15) is 0 Å². The van der Waals surface area contributed by atoms with Gasteiger partial charge in [0, 0.05) is 29.8 Å². The summed E-state index contributed by atoms with van der Waals surface area (Å²) in [5.74, 6) is 0.184. The molecule has 0 unspecified atom stereocenters. The van der Waals surface area contributed by atoms with Crippen LogP contribution in [0.1, 0.15) is 23.5 Å². The lowest BCUT2D eigenvalue weighted by atomic mass is 9.87. The first kappa shape index (κ1) is 18.4. The van der Waals surface area contributed by atoms with Crippen LogP contribution in [0.5, 0.6) is 11.5 Å². The molecular formula is C24H19FN2O3. The maximum Gasteiger partial charge on any atom is 0.232 e. The van der Waals surface area contributed by atoms with Crippen molar-refractivity contribution < 1.29 is 18.7 Å². The highest BCUT2D eigenvalue weighted by Gasteiger charge is 2.36. The van der Waals surface area contributed by atoms with Crippen molar-refractivity contribution in [3.05, 3.63) is 89.7 Å². The minimum Gasteiger partial charge on any atom is -0.457 e. The minimum absolute atomic E-state index is 0.0975. The Morgan fingerprint density at radius 3 is 2.17 bits per heavy atom. The van der Waals surface area contributed by atoms with Crippen LogP contribution in [0, 0.1) is 5.82 Å². The van der Waals surface area contributed by atoms with Crippen LogP contribution in [-0.4, -0.2) is 24.4 Å². The zero-order valence-corrected chi connectivity index (χ0v) is 16.0. The lowest BCUT2D eigenvalue weighted by Gasteiger charge is -2.28. The third-order valence-corrected chi connectivity index (χ3v) is 5.55. The lowest BCUT2D eigenvalue weighted by Crippen LogP contribution is -2.40. The van der Waals surface area contributed by atoms with E-state index < -0.39 is 5.92 Å². The van der Waals surface area contributed by atoms with Crippen molar-refractivity contribution in [3.8, 4) is 11.5 Å². The van der Waals surface area contributed by atoms with Gasteiger partial charge in [0.2, 0.25) is 11.8 Å². The SMILES string of the molecule is O=C(N[C@H]1CC(=O)N(c2ccc(F)cc2)C1)C1c2ccccc2Oc2ccccc21. The van der Waals surface area contributed by atoms with E-state index in [4.69, 9.17) is 4.74 Å². The highest BCUT2D eigenvalue weighted by molar-refractivity contribution is 5.97. The molecule has 150 valence electrons. The van der Waals surface area contributed by atoms with Crippen molar-refractivity contribution in [2.24, 2.45) is 0 Å². The number of ether oxygens (including phenoxy) is 1. The Morgan fingerprint density at radius 2 is 1.53 bits per heavy atom. The number of fused-ring (bicyclic) bond motifs is 2. The fourth-order valence-corrected chi connectivity index (χ4v) is 4.15. The number of para-hydroxylation sites is 2. The molecular weight excluding hydrogens is 383 g/mol. The number of hydrogen-bond donors (Lipinski definition) is 1. The first-order valence-corrected chi connectivity index (χ1v) is 9.82. The van der Waals surface area contributed by atoms with E-state index in [2.05, 4.69) is 5.32 Å². The summed E-state index contributed by atoms with van der Waals surface area (Å²) >= 11 is 0. The Kier molecular flexibility index (Phi) is 4.47. The third-order valence-electron chi connectivity index (χ3n) is 5.55. The Hall–Kier alpha value is -3.67. The van der Waals surface area contributed by atoms with E-state index in [1.54, 1.807) is 17.0 Å².